The molecule has 1 aromatic rings. The first kappa shape index (κ1) is 16.0. The van der Waals surface area contributed by atoms with Gasteiger partial charge in [0.25, 0.3) is 0 Å². The van der Waals surface area contributed by atoms with Gasteiger partial charge in [0.1, 0.15) is 5.75 Å². The zero-order chi connectivity index (χ0) is 14.6. The lowest BCUT2D eigenvalue weighted by Crippen LogP contribution is -2.12. The van der Waals surface area contributed by atoms with Gasteiger partial charge in [-0.15, -0.1) is 0 Å². The monoisotopic (exact) mass is 263 g/mol. The molecule has 0 atom stereocenters. The van der Waals surface area contributed by atoms with Gasteiger partial charge < -0.3 is 10.0 Å². The smallest absolute Gasteiger partial charge is 0.121 e. The average Bonchev–Trinajstić information content (AvgIpc) is 2.22. The normalized spacial score (nSPS) is 11.8. The molecule has 1 aromatic carbocycles. The Balaban J connectivity index is 3.13. The Morgan fingerprint density at radius 2 is 1.37 bits per heavy atom. The fraction of sp³-hybridized carbons (Fsp3) is 0.647. The highest BCUT2D eigenvalue weighted by Gasteiger charge is 2.13. The maximum atomic E-state index is 10.4. The fourth-order valence-electron chi connectivity index (χ4n) is 2.48. The van der Waals surface area contributed by atoms with Crippen LogP contribution in [0.25, 0.3) is 0 Å². The molecule has 2 heteroatoms. The van der Waals surface area contributed by atoms with Gasteiger partial charge in [0.2, 0.25) is 0 Å². The fourth-order valence-corrected chi connectivity index (χ4v) is 2.48. The Kier molecular flexibility index (Phi) is 5.86. The summed E-state index contributed by atoms with van der Waals surface area (Å²) < 4.78 is 0. The van der Waals surface area contributed by atoms with Crippen molar-refractivity contribution in [3.05, 3.63) is 28.8 Å². The first-order chi connectivity index (χ1) is 8.79. The SMILES string of the molecule is CC(C)Cc1cc(CN(C)C)cc(CC(C)C)c1O. The van der Waals surface area contributed by atoms with Crippen LogP contribution in [0.15, 0.2) is 12.1 Å². The summed E-state index contributed by atoms with van der Waals surface area (Å²) in [7, 11) is 4.16. The van der Waals surface area contributed by atoms with Crippen LogP contribution in [-0.2, 0) is 19.4 Å². The molecule has 0 unspecified atom stereocenters. The zero-order valence-corrected chi connectivity index (χ0v) is 13.3. The number of hydrogen-bond donors (Lipinski definition) is 1. The molecule has 0 aliphatic carbocycles. The molecule has 0 radical (unpaired) electrons. The third-order valence-electron chi connectivity index (χ3n) is 3.08. The molecule has 2 nitrogen and oxygen atoms in total. The first-order valence-corrected chi connectivity index (χ1v) is 7.28. The van der Waals surface area contributed by atoms with E-state index in [1.807, 2.05) is 0 Å². The highest BCUT2D eigenvalue weighted by Crippen LogP contribution is 2.29. The number of benzene rings is 1. The van der Waals surface area contributed by atoms with Crippen LogP contribution < -0.4 is 0 Å². The van der Waals surface area contributed by atoms with Crippen LogP contribution in [-0.4, -0.2) is 24.1 Å². The molecule has 0 spiro atoms. The first-order valence-electron chi connectivity index (χ1n) is 7.28. The van der Waals surface area contributed by atoms with E-state index in [9.17, 15) is 5.11 Å². The quantitative estimate of drug-likeness (QED) is 0.842. The summed E-state index contributed by atoms with van der Waals surface area (Å²) in [6.45, 7) is 9.71. The lowest BCUT2D eigenvalue weighted by atomic mass is 9.93. The van der Waals surface area contributed by atoms with E-state index in [0.29, 0.717) is 17.6 Å². The van der Waals surface area contributed by atoms with Crippen molar-refractivity contribution in [2.75, 3.05) is 14.1 Å². The summed E-state index contributed by atoms with van der Waals surface area (Å²) in [5.41, 5.74) is 3.50. The van der Waals surface area contributed by atoms with E-state index >= 15 is 0 Å². The minimum absolute atomic E-state index is 0.518. The van der Waals surface area contributed by atoms with Crippen LogP contribution in [0.1, 0.15) is 44.4 Å². The van der Waals surface area contributed by atoms with Gasteiger partial charge in [-0.05, 0) is 55.5 Å². The average molecular weight is 263 g/mol. The van der Waals surface area contributed by atoms with Crippen molar-refractivity contribution < 1.29 is 5.11 Å². The van der Waals surface area contributed by atoms with Crippen molar-refractivity contribution in [2.24, 2.45) is 11.8 Å². The van der Waals surface area contributed by atoms with Gasteiger partial charge in [-0.25, -0.2) is 0 Å². The van der Waals surface area contributed by atoms with Crippen molar-refractivity contribution >= 4 is 0 Å². The Hall–Kier alpha value is -1.02. The van der Waals surface area contributed by atoms with Gasteiger partial charge in [0.05, 0.1) is 0 Å². The number of phenols is 1. The minimum Gasteiger partial charge on any atom is -0.507 e. The molecule has 1 N–H and O–H groups in total. The summed E-state index contributed by atoms with van der Waals surface area (Å²) in [5.74, 6) is 1.64. The molecule has 0 saturated heterocycles. The highest BCUT2D eigenvalue weighted by molar-refractivity contribution is 5.44. The predicted octanol–water partition coefficient (Wildman–Crippen LogP) is 3.85. The molecule has 1 rings (SSSR count). The maximum Gasteiger partial charge on any atom is 0.121 e. The standard InChI is InChI=1S/C17H29NO/c1-12(2)7-15-9-14(11-18(5)6)10-16(17(15)19)8-13(3)4/h9-10,12-13,19H,7-8,11H2,1-6H3. The number of hydrogen-bond acceptors (Lipinski definition) is 2. The van der Waals surface area contributed by atoms with Crippen molar-refractivity contribution in [1.82, 2.24) is 4.90 Å². The molecule has 0 bridgehead atoms. The van der Waals surface area contributed by atoms with Gasteiger partial charge in [-0.3, -0.25) is 0 Å². The van der Waals surface area contributed by atoms with Gasteiger partial charge in [-0.2, -0.15) is 0 Å². The van der Waals surface area contributed by atoms with Crippen LogP contribution in [0.4, 0.5) is 0 Å². The van der Waals surface area contributed by atoms with Crippen molar-refractivity contribution in [2.45, 2.75) is 47.1 Å². The molecule has 0 heterocycles. The van der Waals surface area contributed by atoms with E-state index in [-0.39, 0.29) is 0 Å². The number of aromatic hydroxyl groups is 1. The maximum absolute atomic E-state index is 10.4. The Bertz CT molecular complexity index is 377. The largest absolute Gasteiger partial charge is 0.507 e. The molecule has 19 heavy (non-hydrogen) atoms. The Morgan fingerprint density at radius 3 is 1.68 bits per heavy atom. The number of phenolic OH excluding ortho intramolecular Hbond substituents is 1. The summed E-state index contributed by atoms with van der Waals surface area (Å²) in [4.78, 5) is 2.17. The summed E-state index contributed by atoms with van der Waals surface area (Å²) in [5, 5.41) is 10.4. The van der Waals surface area contributed by atoms with E-state index in [2.05, 4.69) is 58.8 Å². The number of rotatable bonds is 6. The van der Waals surface area contributed by atoms with E-state index in [0.717, 1.165) is 30.5 Å². The topological polar surface area (TPSA) is 23.5 Å². The molecule has 0 fully saturated rings. The minimum atomic E-state index is 0.518. The van der Waals surface area contributed by atoms with Crippen LogP contribution in [0, 0.1) is 11.8 Å². The van der Waals surface area contributed by atoms with Gasteiger partial charge in [-0.1, -0.05) is 39.8 Å². The van der Waals surface area contributed by atoms with Crippen LogP contribution in [0.2, 0.25) is 0 Å². The van der Waals surface area contributed by atoms with Gasteiger partial charge >= 0.3 is 0 Å². The molecule has 0 saturated carbocycles. The van der Waals surface area contributed by atoms with E-state index < -0.39 is 0 Å². The lowest BCUT2D eigenvalue weighted by molar-refractivity contribution is 0.400. The van der Waals surface area contributed by atoms with Crippen molar-refractivity contribution in [1.29, 1.82) is 0 Å². The highest BCUT2D eigenvalue weighted by atomic mass is 16.3. The van der Waals surface area contributed by atoms with Gasteiger partial charge in [0.15, 0.2) is 0 Å². The van der Waals surface area contributed by atoms with Crippen LogP contribution in [0.3, 0.4) is 0 Å². The second-order valence-corrected chi connectivity index (χ2v) is 6.70. The Morgan fingerprint density at radius 1 is 0.947 bits per heavy atom. The lowest BCUT2D eigenvalue weighted by Gasteiger charge is -2.17. The van der Waals surface area contributed by atoms with Crippen molar-refractivity contribution in [3.8, 4) is 5.75 Å². The predicted molar refractivity (Wildman–Crippen MR) is 82.6 cm³/mol. The summed E-state index contributed by atoms with van der Waals surface area (Å²) in [6.07, 6.45) is 1.89. The molecule has 0 amide bonds. The van der Waals surface area contributed by atoms with Gasteiger partial charge in [0, 0.05) is 6.54 Å². The Labute approximate surface area is 118 Å². The molecular formula is C17H29NO. The van der Waals surface area contributed by atoms with Crippen LogP contribution in [0.5, 0.6) is 5.75 Å². The summed E-state index contributed by atoms with van der Waals surface area (Å²) >= 11 is 0. The second-order valence-electron chi connectivity index (χ2n) is 6.70. The third kappa shape index (κ3) is 5.23. The van der Waals surface area contributed by atoms with E-state index in [4.69, 9.17) is 0 Å². The molecule has 0 aliphatic rings. The summed E-state index contributed by atoms with van der Waals surface area (Å²) in [6, 6.07) is 4.33. The van der Waals surface area contributed by atoms with Crippen molar-refractivity contribution in [3.63, 3.8) is 0 Å². The third-order valence-corrected chi connectivity index (χ3v) is 3.08. The van der Waals surface area contributed by atoms with E-state index in [1.165, 1.54) is 5.56 Å². The second kappa shape index (κ2) is 6.95. The molecule has 108 valence electrons. The van der Waals surface area contributed by atoms with E-state index in [1.54, 1.807) is 0 Å². The molecular weight excluding hydrogens is 234 g/mol. The molecule has 0 aromatic heterocycles. The zero-order valence-electron chi connectivity index (χ0n) is 13.3. The van der Waals surface area contributed by atoms with Crippen LogP contribution >= 0.6 is 0 Å². The molecule has 0 aliphatic heterocycles. The number of nitrogens with zero attached hydrogens (tertiary/aromatic N) is 1.